The van der Waals surface area contributed by atoms with Crippen molar-refractivity contribution in [3.63, 3.8) is 0 Å². The first-order chi connectivity index (χ1) is 10.2. The van der Waals surface area contributed by atoms with E-state index in [-0.39, 0.29) is 6.04 Å². The highest BCUT2D eigenvalue weighted by atomic mass is 35.5. The number of nitrogens with zero attached hydrogens (tertiary/aromatic N) is 2. The van der Waals surface area contributed by atoms with E-state index in [2.05, 4.69) is 35.6 Å². The highest BCUT2D eigenvalue weighted by molar-refractivity contribution is 6.30. The average Bonchev–Trinajstić information content (AvgIpc) is 2.93. The highest BCUT2D eigenvalue weighted by Gasteiger charge is 2.12. The Balaban J connectivity index is 2.15. The van der Waals surface area contributed by atoms with Crippen molar-refractivity contribution < 1.29 is 4.74 Å². The Labute approximate surface area is 131 Å². The molecular formula is C16H22ClN3O. The Kier molecular flexibility index (Phi) is 5.65. The van der Waals surface area contributed by atoms with E-state index in [1.165, 1.54) is 0 Å². The van der Waals surface area contributed by atoms with Gasteiger partial charge in [0.15, 0.2) is 0 Å². The third kappa shape index (κ3) is 3.99. The van der Waals surface area contributed by atoms with Gasteiger partial charge in [0, 0.05) is 23.2 Å². The Morgan fingerprint density at radius 3 is 2.90 bits per heavy atom. The Hall–Kier alpha value is -1.52. The van der Waals surface area contributed by atoms with Crippen LogP contribution < -0.4 is 10.1 Å². The Morgan fingerprint density at radius 2 is 2.19 bits per heavy atom. The van der Waals surface area contributed by atoms with Gasteiger partial charge in [-0.2, -0.15) is 0 Å². The lowest BCUT2D eigenvalue weighted by molar-refractivity contribution is 0.289. The second kappa shape index (κ2) is 7.48. The van der Waals surface area contributed by atoms with Gasteiger partial charge in [-0.1, -0.05) is 18.5 Å². The molecule has 2 rings (SSSR count). The molecule has 2 aromatic rings. The van der Waals surface area contributed by atoms with Crippen LogP contribution in [0.5, 0.6) is 5.75 Å². The molecule has 0 radical (unpaired) electrons. The van der Waals surface area contributed by atoms with Crippen molar-refractivity contribution in [1.82, 2.24) is 14.9 Å². The zero-order valence-corrected chi connectivity index (χ0v) is 13.5. The standard InChI is InChI=1S/C16H22ClN3O/c1-4-19-12(3)15-8-13(17)6-7-16(15)21-10-14-9-18-11-20(14)5-2/h6-9,11-12,19H,4-5,10H2,1-3H3. The number of hydrogen-bond donors (Lipinski definition) is 1. The minimum atomic E-state index is 0.194. The summed E-state index contributed by atoms with van der Waals surface area (Å²) < 4.78 is 8.06. The summed E-state index contributed by atoms with van der Waals surface area (Å²) in [5.41, 5.74) is 2.14. The van der Waals surface area contributed by atoms with Gasteiger partial charge in [-0.15, -0.1) is 0 Å². The molecule has 0 aliphatic heterocycles. The van der Waals surface area contributed by atoms with E-state index in [0.717, 1.165) is 35.1 Å². The molecule has 0 bridgehead atoms. The summed E-state index contributed by atoms with van der Waals surface area (Å²) in [6.45, 7) is 8.57. The molecule has 0 aliphatic rings. The van der Waals surface area contributed by atoms with Crippen molar-refractivity contribution in [1.29, 1.82) is 0 Å². The molecule has 0 saturated heterocycles. The third-order valence-electron chi connectivity index (χ3n) is 3.46. The first-order valence-electron chi connectivity index (χ1n) is 7.30. The third-order valence-corrected chi connectivity index (χ3v) is 3.70. The van der Waals surface area contributed by atoms with Crippen molar-refractivity contribution in [2.45, 2.75) is 40.0 Å². The topological polar surface area (TPSA) is 39.1 Å². The lowest BCUT2D eigenvalue weighted by atomic mass is 10.1. The number of benzene rings is 1. The zero-order valence-electron chi connectivity index (χ0n) is 12.8. The first kappa shape index (κ1) is 15.9. The van der Waals surface area contributed by atoms with Crippen LogP contribution in [0.2, 0.25) is 5.02 Å². The largest absolute Gasteiger partial charge is 0.487 e. The molecule has 0 spiro atoms. The maximum Gasteiger partial charge on any atom is 0.130 e. The molecule has 4 nitrogen and oxygen atoms in total. The monoisotopic (exact) mass is 307 g/mol. The quantitative estimate of drug-likeness (QED) is 0.845. The number of aromatic nitrogens is 2. The minimum absolute atomic E-state index is 0.194. The zero-order chi connectivity index (χ0) is 15.2. The van der Waals surface area contributed by atoms with Crippen LogP contribution in [0, 0.1) is 0 Å². The molecule has 114 valence electrons. The summed E-state index contributed by atoms with van der Waals surface area (Å²) in [5, 5.41) is 4.11. The molecule has 1 heterocycles. The number of imidazole rings is 1. The second-order valence-electron chi connectivity index (χ2n) is 4.92. The lowest BCUT2D eigenvalue weighted by Gasteiger charge is -2.18. The summed E-state index contributed by atoms with van der Waals surface area (Å²) in [5.74, 6) is 0.858. The molecule has 1 aromatic heterocycles. The summed E-state index contributed by atoms with van der Waals surface area (Å²) in [6.07, 6.45) is 3.66. The molecule has 5 heteroatoms. The van der Waals surface area contributed by atoms with Crippen LogP contribution in [0.15, 0.2) is 30.7 Å². The van der Waals surface area contributed by atoms with Gasteiger partial charge in [-0.25, -0.2) is 4.98 Å². The SMILES string of the molecule is CCNC(C)c1cc(Cl)ccc1OCc1cncn1CC. The van der Waals surface area contributed by atoms with Crippen molar-refractivity contribution in [3.05, 3.63) is 47.0 Å². The fourth-order valence-corrected chi connectivity index (χ4v) is 2.49. The summed E-state index contributed by atoms with van der Waals surface area (Å²) in [6, 6.07) is 5.94. The summed E-state index contributed by atoms with van der Waals surface area (Å²) in [4.78, 5) is 4.16. The number of halogens is 1. The minimum Gasteiger partial charge on any atom is -0.487 e. The molecule has 1 unspecified atom stereocenters. The van der Waals surface area contributed by atoms with Crippen molar-refractivity contribution in [2.24, 2.45) is 0 Å². The summed E-state index contributed by atoms with van der Waals surface area (Å²) >= 11 is 6.11. The van der Waals surface area contributed by atoms with Gasteiger partial charge in [0.25, 0.3) is 0 Å². The summed E-state index contributed by atoms with van der Waals surface area (Å²) in [7, 11) is 0. The van der Waals surface area contributed by atoms with E-state index in [0.29, 0.717) is 6.61 Å². The van der Waals surface area contributed by atoms with Crippen LogP contribution in [-0.2, 0) is 13.2 Å². The normalized spacial score (nSPS) is 12.4. The number of rotatable bonds is 7. The predicted octanol–water partition coefficient (Wildman–Crippen LogP) is 3.81. The molecule has 0 amide bonds. The molecule has 0 fully saturated rings. The maximum absolute atomic E-state index is 6.11. The predicted molar refractivity (Wildman–Crippen MR) is 85.8 cm³/mol. The molecule has 0 saturated carbocycles. The molecule has 0 aliphatic carbocycles. The molecule has 1 aromatic carbocycles. The van der Waals surface area contributed by atoms with E-state index in [9.17, 15) is 0 Å². The van der Waals surface area contributed by atoms with E-state index < -0.39 is 0 Å². The van der Waals surface area contributed by atoms with E-state index in [1.54, 1.807) is 0 Å². The van der Waals surface area contributed by atoms with Gasteiger partial charge in [0.05, 0.1) is 18.2 Å². The van der Waals surface area contributed by atoms with Crippen LogP contribution in [-0.4, -0.2) is 16.1 Å². The van der Waals surface area contributed by atoms with E-state index >= 15 is 0 Å². The van der Waals surface area contributed by atoms with E-state index in [1.807, 2.05) is 30.7 Å². The van der Waals surface area contributed by atoms with Gasteiger partial charge in [-0.3, -0.25) is 0 Å². The second-order valence-corrected chi connectivity index (χ2v) is 5.36. The van der Waals surface area contributed by atoms with Gasteiger partial charge in [0.2, 0.25) is 0 Å². The van der Waals surface area contributed by atoms with Gasteiger partial charge < -0.3 is 14.6 Å². The fraction of sp³-hybridized carbons (Fsp3) is 0.438. The molecule has 1 atom stereocenters. The van der Waals surface area contributed by atoms with Crippen LogP contribution in [0.1, 0.15) is 38.1 Å². The molecule has 1 N–H and O–H groups in total. The van der Waals surface area contributed by atoms with Crippen molar-refractivity contribution in [3.8, 4) is 5.75 Å². The van der Waals surface area contributed by atoms with E-state index in [4.69, 9.17) is 16.3 Å². The number of ether oxygens (including phenoxy) is 1. The number of aryl methyl sites for hydroxylation is 1. The number of nitrogens with one attached hydrogen (secondary N) is 1. The fourth-order valence-electron chi connectivity index (χ4n) is 2.31. The van der Waals surface area contributed by atoms with Gasteiger partial charge in [-0.05, 0) is 38.6 Å². The van der Waals surface area contributed by atoms with Crippen molar-refractivity contribution >= 4 is 11.6 Å². The number of hydrogen-bond acceptors (Lipinski definition) is 3. The van der Waals surface area contributed by atoms with Gasteiger partial charge in [0.1, 0.15) is 12.4 Å². The van der Waals surface area contributed by atoms with Crippen LogP contribution >= 0.6 is 11.6 Å². The maximum atomic E-state index is 6.11. The van der Waals surface area contributed by atoms with Crippen LogP contribution in [0.3, 0.4) is 0 Å². The average molecular weight is 308 g/mol. The highest BCUT2D eigenvalue weighted by Crippen LogP contribution is 2.29. The van der Waals surface area contributed by atoms with Crippen molar-refractivity contribution in [2.75, 3.05) is 6.54 Å². The Morgan fingerprint density at radius 1 is 1.38 bits per heavy atom. The molecular weight excluding hydrogens is 286 g/mol. The first-order valence-corrected chi connectivity index (χ1v) is 7.68. The van der Waals surface area contributed by atoms with Gasteiger partial charge >= 0.3 is 0 Å². The molecule has 21 heavy (non-hydrogen) atoms. The van der Waals surface area contributed by atoms with Crippen LogP contribution in [0.25, 0.3) is 0 Å². The van der Waals surface area contributed by atoms with Crippen LogP contribution in [0.4, 0.5) is 0 Å². The smallest absolute Gasteiger partial charge is 0.130 e. The lowest BCUT2D eigenvalue weighted by Crippen LogP contribution is -2.18. The Bertz CT molecular complexity index is 583.